The Bertz CT molecular complexity index is 1560. The van der Waals surface area contributed by atoms with Gasteiger partial charge in [-0.25, -0.2) is 9.59 Å². The Labute approximate surface area is 321 Å². The van der Waals surface area contributed by atoms with Gasteiger partial charge in [-0.1, -0.05) is 54.2 Å². The first-order valence-electron chi connectivity index (χ1n) is 17.6. The normalized spacial score (nSPS) is 42.0. The number of carbonyl (C=O) groups is 2. The Hall–Kier alpha value is -3.64. The lowest BCUT2D eigenvalue weighted by atomic mass is 9.98. The maximum Gasteiger partial charge on any atom is 0.336 e. The van der Waals surface area contributed by atoms with Crippen LogP contribution in [0.2, 0.25) is 0 Å². The molecular weight excluding hydrogens is 748 g/mol. The lowest BCUT2D eigenvalue weighted by Gasteiger charge is -2.42. The average Bonchev–Trinajstić information content (AvgIpc) is 3.17. The van der Waals surface area contributed by atoms with Gasteiger partial charge in [0.2, 0.25) is 12.6 Å². The molecule has 0 saturated carbocycles. The first-order chi connectivity index (χ1) is 26.5. The standard InChI is InChI=1S/C37H50O19/c1-17-8-4-5-12-20(13-7-11-19(3)34(49)55-36-31(46)27(42)24(39)21(14-38)52-36)50-15-22-25(40)28(43)30(45)35(53-22)51-16-23-26(41)29(44)32(47)37(54-23)56-33(48)18(2)10-6-9-17/h4-13,21-32,35-47H,14-16H2,1-3H3/b5-4+,9-6?,13-7+,17-8?,18-10+,19-11+,20-12-/t21?,22?,23?,24-,25-,26-,27?,28?,29?,30?,31?,32?,35-,36+,37+/m1/s1. The third-order valence-corrected chi connectivity index (χ3v) is 9.16. The zero-order valence-corrected chi connectivity index (χ0v) is 30.7. The molecular formula is C37H50O19. The molecule has 0 radical (unpaired) electrons. The quantitative estimate of drug-likeness (QED) is 0.0750. The van der Waals surface area contributed by atoms with E-state index < -0.39 is 124 Å². The van der Waals surface area contributed by atoms with Gasteiger partial charge in [0.05, 0.1) is 13.2 Å². The molecule has 0 aromatic heterocycles. The van der Waals surface area contributed by atoms with E-state index in [1.54, 1.807) is 37.3 Å². The molecule has 0 spiro atoms. The van der Waals surface area contributed by atoms with Crippen molar-refractivity contribution in [3.63, 3.8) is 0 Å². The molecule has 0 aliphatic carbocycles. The van der Waals surface area contributed by atoms with Gasteiger partial charge in [-0.15, -0.1) is 0 Å². The van der Waals surface area contributed by atoms with Crippen molar-refractivity contribution in [1.82, 2.24) is 0 Å². The summed E-state index contributed by atoms with van der Waals surface area (Å²) in [6.07, 6.45) is -9.62. The van der Waals surface area contributed by atoms with Crippen molar-refractivity contribution in [3.8, 4) is 0 Å². The van der Waals surface area contributed by atoms with Crippen molar-refractivity contribution < 1.29 is 93.8 Å². The summed E-state index contributed by atoms with van der Waals surface area (Å²) in [5.41, 5.74) is 0.849. The number of carbonyl (C=O) groups excluding carboxylic acids is 2. The number of esters is 2. The molecule has 0 aromatic carbocycles. The van der Waals surface area contributed by atoms with E-state index in [1.165, 1.54) is 44.2 Å². The number of hydrogen-bond acceptors (Lipinski definition) is 19. The molecule has 4 rings (SSSR count). The van der Waals surface area contributed by atoms with E-state index in [4.69, 9.17) is 33.2 Å². The first-order valence-corrected chi connectivity index (χ1v) is 17.6. The summed E-state index contributed by atoms with van der Waals surface area (Å²) in [6.45, 7) is 2.85. The molecule has 3 fully saturated rings. The zero-order chi connectivity index (χ0) is 41.3. The van der Waals surface area contributed by atoms with E-state index in [0.29, 0.717) is 0 Å². The number of fused-ring (bicyclic) bond motifs is 4. The number of aliphatic hydroxyl groups excluding tert-OH is 10. The summed E-state index contributed by atoms with van der Waals surface area (Å²) in [4.78, 5) is 25.5. The number of ether oxygens (including phenoxy) is 7. The molecule has 10 N–H and O–H groups in total. The Morgan fingerprint density at radius 2 is 1.36 bits per heavy atom. The number of aliphatic hydroxyl groups is 10. The smallest absolute Gasteiger partial charge is 0.336 e. The highest BCUT2D eigenvalue weighted by atomic mass is 16.7. The SMILES string of the molecule is CC1=C/C=C/C=C(/C=C/C=C(\C)C(=O)O[C@@H]2OC(CO)[C@@H](O)C(O)C2O)OCC2O[C@@H](OCC3O[C@@H](OC(=O)/C(C)=C/C=C1)C(O)C(O)[C@@H]3O)C(O)C(O)[C@@H]2O. The summed E-state index contributed by atoms with van der Waals surface area (Å²) in [5, 5.41) is 103. The highest BCUT2D eigenvalue weighted by Gasteiger charge is 2.49. The summed E-state index contributed by atoms with van der Waals surface area (Å²) in [7, 11) is 0. The lowest BCUT2D eigenvalue weighted by molar-refractivity contribution is -0.327. The third kappa shape index (κ3) is 11.5. The van der Waals surface area contributed by atoms with Crippen LogP contribution in [-0.4, -0.2) is 175 Å². The Morgan fingerprint density at radius 1 is 0.750 bits per heavy atom. The van der Waals surface area contributed by atoms with Gasteiger partial charge in [-0.3, -0.25) is 0 Å². The lowest BCUT2D eigenvalue weighted by Crippen LogP contribution is -2.62. The third-order valence-electron chi connectivity index (χ3n) is 9.16. The van der Waals surface area contributed by atoms with Crippen molar-refractivity contribution in [2.24, 2.45) is 0 Å². The molecule has 0 aromatic rings. The average molecular weight is 799 g/mol. The van der Waals surface area contributed by atoms with Crippen LogP contribution >= 0.6 is 0 Å². The minimum Gasteiger partial charge on any atom is -0.491 e. The monoisotopic (exact) mass is 798 g/mol. The van der Waals surface area contributed by atoms with E-state index in [2.05, 4.69) is 0 Å². The van der Waals surface area contributed by atoms with Gasteiger partial charge in [-0.05, 0) is 32.9 Å². The first kappa shape index (κ1) is 45.1. The highest BCUT2D eigenvalue weighted by molar-refractivity contribution is 5.88. The number of allylic oxidation sites excluding steroid dienone is 11. The van der Waals surface area contributed by atoms with Crippen LogP contribution in [0.4, 0.5) is 0 Å². The fourth-order valence-corrected chi connectivity index (χ4v) is 5.61. The molecule has 4 bridgehead atoms. The molecule has 0 amide bonds. The van der Waals surface area contributed by atoms with Crippen molar-refractivity contribution >= 4 is 11.9 Å². The molecule has 19 nitrogen and oxygen atoms in total. The Morgan fingerprint density at radius 3 is 2.04 bits per heavy atom. The van der Waals surface area contributed by atoms with Crippen LogP contribution in [0.1, 0.15) is 20.8 Å². The fraction of sp³-hybridized carbons (Fsp3) is 0.568. The number of rotatable bonds is 5. The minimum atomic E-state index is -1.83. The van der Waals surface area contributed by atoms with Gasteiger partial charge in [-0.2, -0.15) is 0 Å². The molecule has 312 valence electrons. The van der Waals surface area contributed by atoms with Crippen LogP contribution < -0.4 is 0 Å². The molecule has 3 saturated heterocycles. The van der Waals surface area contributed by atoms with Crippen LogP contribution in [0.5, 0.6) is 0 Å². The van der Waals surface area contributed by atoms with E-state index in [0.717, 1.165) is 5.57 Å². The van der Waals surface area contributed by atoms with Gasteiger partial charge in [0.15, 0.2) is 6.29 Å². The molecule has 4 aliphatic heterocycles. The molecule has 56 heavy (non-hydrogen) atoms. The van der Waals surface area contributed by atoms with Crippen LogP contribution in [0.25, 0.3) is 0 Å². The Kier molecular flexibility index (Phi) is 16.6. The maximum absolute atomic E-state index is 12.7. The largest absolute Gasteiger partial charge is 0.491 e. The molecule has 4 aliphatic rings. The van der Waals surface area contributed by atoms with Crippen molar-refractivity contribution in [2.75, 3.05) is 19.8 Å². The predicted octanol–water partition coefficient (Wildman–Crippen LogP) is -3.07. The van der Waals surface area contributed by atoms with E-state index in [1.807, 2.05) is 0 Å². The molecule has 4 heterocycles. The van der Waals surface area contributed by atoms with E-state index in [-0.39, 0.29) is 16.9 Å². The van der Waals surface area contributed by atoms with Crippen molar-refractivity contribution in [2.45, 2.75) is 113 Å². The predicted molar refractivity (Wildman–Crippen MR) is 188 cm³/mol. The van der Waals surface area contributed by atoms with Gasteiger partial charge >= 0.3 is 11.9 Å². The summed E-state index contributed by atoms with van der Waals surface area (Å²) in [5.74, 6) is -1.71. The minimum absolute atomic E-state index is 0.000734. The molecule has 19 heteroatoms. The maximum atomic E-state index is 12.7. The zero-order valence-electron chi connectivity index (χ0n) is 30.7. The summed E-state index contributed by atoms with van der Waals surface area (Å²) in [6, 6.07) is 0. The van der Waals surface area contributed by atoms with Crippen LogP contribution in [0, 0.1) is 0 Å². The van der Waals surface area contributed by atoms with Crippen LogP contribution in [0.15, 0.2) is 83.2 Å². The van der Waals surface area contributed by atoms with Crippen molar-refractivity contribution in [3.05, 3.63) is 83.2 Å². The second-order valence-electron chi connectivity index (χ2n) is 13.5. The van der Waals surface area contributed by atoms with Crippen LogP contribution in [-0.2, 0) is 42.7 Å². The molecule has 15 atom stereocenters. The van der Waals surface area contributed by atoms with Crippen LogP contribution in [0.3, 0.4) is 0 Å². The second kappa shape index (κ2) is 20.7. The van der Waals surface area contributed by atoms with Crippen molar-refractivity contribution in [1.29, 1.82) is 0 Å². The summed E-state index contributed by atoms with van der Waals surface area (Å²) < 4.78 is 38.3. The Balaban J connectivity index is 1.56. The van der Waals surface area contributed by atoms with Gasteiger partial charge in [0.25, 0.3) is 0 Å². The fourth-order valence-electron chi connectivity index (χ4n) is 5.61. The number of hydrogen-bond donors (Lipinski definition) is 10. The summed E-state index contributed by atoms with van der Waals surface area (Å²) >= 11 is 0. The highest BCUT2D eigenvalue weighted by Crippen LogP contribution is 2.27. The topological polar surface area (TPSA) is 301 Å². The van der Waals surface area contributed by atoms with E-state index in [9.17, 15) is 60.7 Å². The second-order valence-corrected chi connectivity index (χ2v) is 13.5. The van der Waals surface area contributed by atoms with Gasteiger partial charge in [0.1, 0.15) is 85.6 Å². The van der Waals surface area contributed by atoms with Gasteiger partial charge < -0.3 is 84.2 Å². The molecule has 9 unspecified atom stereocenters. The van der Waals surface area contributed by atoms with E-state index >= 15 is 0 Å². The van der Waals surface area contributed by atoms with Gasteiger partial charge in [0, 0.05) is 11.1 Å².